The van der Waals surface area contributed by atoms with Gasteiger partial charge in [0.1, 0.15) is 5.50 Å². The average molecular weight is 208 g/mol. The van der Waals surface area contributed by atoms with Crippen molar-refractivity contribution in [1.82, 2.24) is 10.6 Å². The molecule has 0 bridgehead atoms. The Bertz CT molecular complexity index is 278. The largest absolute Gasteiger partial charge is 0.293 e. The van der Waals surface area contributed by atoms with Crippen molar-refractivity contribution in [3.05, 3.63) is 35.4 Å². The Hall–Kier alpha value is -0.510. The summed E-state index contributed by atoms with van der Waals surface area (Å²) in [6, 6.07) is 8.68. The van der Waals surface area contributed by atoms with Crippen LogP contribution >= 0.6 is 11.8 Å². The van der Waals surface area contributed by atoms with Crippen LogP contribution in [0.4, 0.5) is 0 Å². The first-order valence-electron chi connectivity index (χ1n) is 4.98. The lowest BCUT2D eigenvalue weighted by molar-refractivity contribution is 0.579. The standard InChI is InChI=1S/C11H16N2S/c1-9-2-4-10(5-3-9)8-13-11-12-6-7-14-11/h2-5,11-13H,6-8H2,1H3. The molecule has 1 unspecified atom stereocenters. The van der Waals surface area contributed by atoms with Crippen LogP contribution in [0.25, 0.3) is 0 Å². The van der Waals surface area contributed by atoms with Crippen molar-refractivity contribution < 1.29 is 0 Å². The van der Waals surface area contributed by atoms with Crippen LogP contribution in [0.1, 0.15) is 11.1 Å². The molecule has 2 N–H and O–H groups in total. The summed E-state index contributed by atoms with van der Waals surface area (Å²) in [5.41, 5.74) is 3.11. The van der Waals surface area contributed by atoms with Gasteiger partial charge >= 0.3 is 0 Å². The van der Waals surface area contributed by atoms with E-state index in [-0.39, 0.29) is 0 Å². The molecule has 0 aliphatic carbocycles. The summed E-state index contributed by atoms with van der Waals surface area (Å²) in [6.45, 7) is 4.19. The molecule has 2 rings (SSSR count). The number of hydrogen-bond donors (Lipinski definition) is 2. The average Bonchev–Trinajstić information content (AvgIpc) is 2.70. The molecular formula is C11H16N2S. The van der Waals surface area contributed by atoms with Crippen LogP contribution in [0, 0.1) is 6.92 Å². The van der Waals surface area contributed by atoms with E-state index in [4.69, 9.17) is 0 Å². The first kappa shape index (κ1) is 10.0. The van der Waals surface area contributed by atoms with E-state index in [0.29, 0.717) is 5.50 Å². The van der Waals surface area contributed by atoms with Crippen molar-refractivity contribution in [2.75, 3.05) is 12.3 Å². The van der Waals surface area contributed by atoms with Crippen LogP contribution in [0.3, 0.4) is 0 Å². The number of hydrogen-bond acceptors (Lipinski definition) is 3. The van der Waals surface area contributed by atoms with Crippen LogP contribution in [0.15, 0.2) is 24.3 Å². The zero-order valence-corrected chi connectivity index (χ0v) is 9.23. The molecule has 1 fully saturated rings. The smallest absolute Gasteiger partial charge is 0.106 e. The zero-order chi connectivity index (χ0) is 9.80. The molecule has 2 nitrogen and oxygen atoms in total. The number of nitrogens with one attached hydrogen (secondary N) is 2. The lowest BCUT2D eigenvalue weighted by Crippen LogP contribution is -2.34. The molecule has 1 aliphatic rings. The summed E-state index contributed by atoms with van der Waals surface area (Å²) in [5.74, 6) is 1.21. The van der Waals surface area contributed by atoms with Crippen molar-refractivity contribution in [1.29, 1.82) is 0 Å². The van der Waals surface area contributed by atoms with E-state index in [1.54, 1.807) is 0 Å². The van der Waals surface area contributed by atoms with Crippen molar-refractivity contribution in [2.45, 2.75) is 19.0 Å². The maximum atomic E-state index is 3.47. The fourth-order valence-electron chi connectivity index (χ4n) is 1.47. The Morgan fingerprint density at radius 1 is 1.43 bits per heavy atom. The summed E-state index contributed by atoms with van der Waals surface area (Å²) in [5, 5.41) is 6.86. The quantitative estimate of drug-likeness (QED) is 0.790. The second-order valence-corrected chi connectivity index (χ2v) is 4.78. The van der Waals surface area contributed by atoms with Gasteiger partial charge in [0.2, 0.25) is 0 Å². The summed E-state index contributed by atoms with van der Waals surface area (Å²) in [6.07, 6.45) is 0. The minimum absolute atomic E-state index is 0.441. The van der Waals surface area contributed by atoms with Crippen LogP contribution in [-0.4, -0.2) is 17.8 Å². The number of rotatable bonds is 3. The first-order chi connectivity index (χ1) is 6.84. The molecule has 0 spiro atoms. The minimum atomic E-state index is 0.441. The van der Waals surface area contributed by atoms with Crippen LogP contribution < -0.4 is 10.6 Å². The summed E-state index contributed by atoms with van der Waals surface area (Å²) in [7, 11) is 0. The van der Waals surface area contributed by atoms with E-state index >= 15 is 0 Å². The Balaban J connectivity index is 1.82. The molecule has 3 heteroatoms. The lowest BCUT2D eigenvalue weighted by atomic mass is 10.1. The Labute approximate surface area is 89.5 Å². The molecule has 1 aromatic rings. The Morgan fingerprint density at radius 2 is 2.21 bits per heavy atom. The molecule has 0 saturated carbocycles. The van der Waals surface area contributed by atoms with Gasteiger partial charge < -0.3 is 0 Å². The van der Waals surface area contributed by atoms with Crippen molar-refractivity contribution >= 4 is 11.8 Å². The predicted molar refractivity (Wildman–Crippen MR) is 62.3 cm³/mol. The van der Waals surface area contributed by atoms with E-state index in [1.807, 2.05) is 11.8 Å². The van der Waals surface area contributed by atoms with E-state index in [9.17, 15) is 0 Å². The highest BCUT2D eigenvalue weighted by Crippen LogP contribution is 2.11. The summed E-state index contributed by atoms with van der Waals surface area (Å²) in [4.78, 5) is 0. The molecule has 1 saturated heterocycles. The highest BCUT2D eigenvalue weighted by molar-refractivity contribution is 8.00. The third kappa shape index (κ3) is 2.74. The normalized spacial score (nSPS) is 21.4. The van der Waals surface area contributed by atoms with Gasteiger partial charge in [0, 0.05) is 18.8 Å². The number of benzene rings is 1. The number of aryl methyl sites for hydroxylation is 1. The van der Waals surface area contributed by atoms with Gasteiger partial charge in [0.05, 0.1) is 0 Å². The topological polar surface area (TPSA) is 24.1 Å². The monoisotopic (exact) mass is 208 g/mol. The van der Waals surface area contributed by atoms with Gasteiger partial charge in [-0.05, 0) is 12.5 Å². The van der Waals surface area contributed by atoms with E-state index in [2.05, 4.69) is 41.8 Å². The van der Waals surface area contributed by atoms with Gasteiger partial charge in [-0.25, -0.2) is 0 Å². The Kier molecular flexibility index (Phi) is 3.45. The Morgan fingerprint density at radius 3 is 2.86 bits per heavy atom. The van der Waals surface area contributed by atoms with E-state index < -0.39 is 0 Å². The first-order valence-corrected chi connectivity index (χ1v) is 6.03. The predicted octanol–water partition coefficient (Wildman–Crippen LogP) is 1.70. The molecule has 0 amide bonds. The van der Waals surface area contributed by atoms with Crippen LogP contribution in [0.2, 0.25) is 0 Å². The fourth-order valence-corrected chi connectivity index (χ4v) is 2.38. The summed E-state index contributed by atoms with van der Waals surface area (Å²) < 4.78 is 0. The van der Waals surface area contributed by atoms with Gasteiger partial charge in [-0.3, -0.25) is 10.6 Å². The van der Waals surface area contributed by atoms with E-state index in [0.717, 1.165) is 13.1 Å². The second-order valence-electron chi connectivity index (χ2n) is 3.57. The summed E-state index contributed by atoms with van der Waals surface area (Å²) >= 11 is 1.94. The molecular weight excluding hydrogens is 192 g/mol. The van der Waals surface area contributed by atoms with Crippen molar-refractivity contribution in [2.24, 2.45) is 0 Å². The zero-order valence-electron chi connectivity index (χ0n) is 8.42. The molecule has 1 aromatic carbocycles. The van der Waals surface area contributed by atoms with Gasteiger partial charge in [0.25, 0.3) is 0 Å². The van der Waals surface area contributed by atoms with Gasteiger partial charge in [-0.1, -0.05) is 29.8 Å². The SMILES string of the molecule is Cc1ccc(CNC2NCCS2)cc1. The lowest BCUT2D eigenvalue weighted by Gasteiger charge is -2.11. The second kappa shape index (κ2) is 4.82. The third-order valence-electron chi connectivity index (χ3n) is 2.33. The third-order valence-corrected chi connectivity index (χ3v) is 3.43. The fraction of sp³-hybridized carbons (Fsp3) is 0.455. The molecule has 1 atom stereocenters. The maximum absolute atomic E-state index is 3.47. The highest BCUT2D eigenvalue weighted by atomic mass is 32.2. The van der Waals surface area contributed by atoms with Gasteiger partial charge in [-0.15, -0.1) is 11.8 Å². The molecule has 1 aliphatic heterocycles. The molecule has 76 valence electrons. The van der Waals surface area contributed by atoms with Gasteiger partial charge in [0.15, 0.2) is 0 Å². The van der Waals surface area contributed by atoms with Crippen molar-refractivity contribution in [3.63, 3.8) is 0 Å². The van der Waals surface area contributed by atoms with Crippen LogP contribution in [-0.2, 0) is 6.54 Å². The number of thioether (sulfide) groups is 1. The minimum Gasteiger partial charge on any atom is -0.293 e. The van der Waals surface area contributed by atoms with Gasteiger partial charge in [-0.2, -0.15) is 0 Å². The van der Waals surface area contributed by atoms with E-state index in [1.165, 1.54) is 16.9 Å². The molecule has 14 heavy (non-hydrogen) atoms. The molecule has 0 aromatic heterocycles. The van der Waals surface area contributed by atoms with Crippen LogP contribution in [0.5, 0.6) is 0 Å². The van der Waals surface area contributed by atoms with Crippen molar-refractivity contribution in [3.8, 4) is 0 Å². The molecule has 0 radical (unpaired) electrons. The highest BCUT2D eigenvalue weighted by Gasteiger charge is 2.12. The molecule has 1 heterocycles. The maximum Gasteiger partial charge on any atom is 0.106 e.